The van der Waals surface area contributed by atoms with Gasteiger partial charge in [0.05, 0.1) is 12.8 Å². The first-order chi connectivity index (χ1) is 6.74. The van der Waals surface area contributed by atoms with Gasteiger partial charge in [-0.25, -0.2) is 4.79 Å². The second-order valence-corrected chi connectivity index (χ2v) is 3.54. The van der Waals surface area contributed by atoms with E-state index in [0.29, 0.717) is 12.5 Å². The number of hydrogen-bond acceptors (Lipinski definition) is 2. The smallest absolute Gasteiger partial charge is 0.414 e. The lowest BCUT2D eigenvalue weighted by atomic mass is 10.0. The second-order valence-electron chi connectivity index (χ2n) is 3.54. The third kappa shape index (κ3) is 1.25. The van der Waals surface area contributed by atoms with Crippen LogP contribution in [0.4, 0.5) is 10.5 Å². The van der Waals surface area contributed by atoms with Crippen LogP contribution in [0.25, 0.3) is 0 Å². The molecule has 0 N–H and O–H groups in total. The fourth-order valence-corrected chi connectivity index (χ4v) is 1.90. The molecular weight excluding hydrogens is 178 g/mol. The largest absolute Gasteiger partial charge is 0.452 e. The summed E-state index contributed by atoms with van der Waals surface area (Å²) in [5.41, 5.74) is 2.20. The number of ether oxygens (including phenoxy) is 1. The van der Waals surface area contributed by atoms with Gasteiger partial charge < -0.3 is 4.74 Å². The molecular formula is C11H13NO2. The van der Waals surface area contributed by atoms with Crippen LogP contribution in [0.15, 0.2) is 24.3 Å². The Hall–Kier alpha value is -1.51. The molecule has 1 unspecified atom stereocenters. The Bertz CT molecular complexity index is 362. The van der Waals surface area contributed by atoms with Crippen molar-refractivity contribution in [3.05, 3.63) is 29.8 Å². The Morgan fingerprint density at radius 2 is 2.21 bits per heavy atom. The van der Waals surface area contributed by atoms with Crippen LogP contribution in [0.1, 0.15) is 18.4 Å². The third-order valence-electron chi connectivity index (χ3n) is 2.61. The number of methoxy groups -OCH3 is 1. The number of amides is 1. The Morgan fingerprint density at radius 3 is 2.93 bits per heavy atom. The van der Waals surface area contributed by atoms with Crippen molar-refractivity contribution < 1.29 is 9.53 Å². The summed E-state index contributed by atoms with van der Waals surface area (Å²) in [5.74, 6) is 0.394. The first-order valence-electron chi connectivity index (χ1n) is 4.68. The van der Waals surface area contributed by atoms with Crippen molar-refractivity contribution in [2.24, 2.45) is 0 Å². The van der Waals surface area contributed by atoms with E-state index in [0.717, 1.165) is 5.69 Å². The summed E-state index contributed by atoms with van der Waals surface area (Å²) in [6, 6.07) is 7.95. The molecule has 1 aromatic carbocycles. The zero-order chi connectivity index (χ0) is 10.1. The lowest BCUT2D eigenvalue weighted by Crippen LogP contribution is -2.29. The summed E-state index contributed by atoms with van der Waals surface area (Å²) in [4.78, 5) is 13.1. The van der Waals surface area contributed by atoms with E-state index in [-0.39, 0.29) is 6.09 Å². The Balaban J connectivity index is 2.39. The average molecular weight is 191 g/mol. The number of benzene rings is 1. The van der Waals surface area contributed by atoms with Gasteiger partial charge in [-0.15, -0.1) is 0 Å². The predicted octanol–water partition coefficient (Wildman–Crippen LogP) is 2.38. The number of rotatable bonds is 0. The average Bonchev–Trinajstić information content (AvgIpc) is 2.56. The van der Waals surface area contributed by atoms with Gasteiger partial charge in [-0.3, -0.25) is 4.90 Å². The maximum atomic E-state index is 11.4. The molecule has 74 valence electrons. The molecule has 1 atom stereocenters. The Morgan fingerprint density at radius 1 is 1.50 bits per heavy atom. The van der Waals surface area contributed by atoms with Gasteiger partial charge in [-0.2, -0.15) is 0 Å². The minimum atomic E-state index is -0.276. The van der Waals surface area contributed by atoms with Crippen molar-refractivity contribution in [2.75, 3.05) is 18.6 Å². The highest BCUT2D eigenvalue weighted by atomic mass is 16.5. The highest BCUT2D eigenvalue weighted by Gasteiger charge is 2.29. The molecule has 3 heteroatoms. The van der Waals surface area contributed by atoms with Crippen LogP contribution >= 0.6 is 0 Å². The lowest BCUT2D eigenvalue weighted by Gasteiger charge is -2.15. The minimum Gasteiger partial charge on any atom is -0.452 e. The highest BCUT2D eigenvalue weighted by molar-refractivity contribution is 5.90. The number of nitrogens with zero attached hydrogens (tertiary/aromatic N) is 1. The van der Waals surface area contributed by atoms with E-state index in [9.17, 15) is 4.79 Å². The highest BCUT2D eigenvalue weighted by Crippen LogP contribution is 2.35. The van der Waals surface area contributed by atoms with Gasteiger partial charge in [0.2, 0.25) is 0 Å². The molecule has 0 saturated heterocycles. The van der Waals surface area contributed by atoms with Crippen molar-refractivity contribution in [1.82, 2.24) is 0 Å². The predicted molar refractivity (Wildman–Crippen MR) is 54.6 cm³/mol. The van der Waals surface area contributed by atoms with Crippen LogP contribution in [0.5, 0.6) is 0 Å². The summed E-state index contributed by atoms with van der Waals surface area (Å²) in [7, 11) is 1.41. The van der Waals surface area contributed by atoms with Crippen molar-refractivity contribution in [3.8, 4) is 0 Å². The monoisotopic (exact) mass is 191 g/mol. The van der Waals surface area contributed by atoms with Crippen molar-refractivity contribution in [2.45, 2.75) is 12.8 Å². The molecule has 0 fully saturated rings. The summed E-state index contributed by atoms with van der Waals surface area (Å²) in [5, 5.41) is 0. The van der Waals surface area contributed by atoms with Crippen LogP contribution in [0.2, 0.25) is 0 Å². The first-order valence-corrected chi connectivity index (χ1v) is 4.68. The van der Waals surface area contributed by atoms with Gasteiger partial charge in [0.15, 0.2) is 0 Å². The van der Waals surface area contributed by atoms with E-state index >= 15 is 0 Å². The lowest BCUT2D eigenvalue weighted by molar-refractivity contribution is 0.179. The van der Waals surface area contributed by atoms with Crippen LogP contribution < -0.4 is 4.90 Å². The maximum absolute atomic E-state index is 11.4. The van der Waals surface area contributed by atoms with E-state index in [4.69, 9.17) is 4.74 Å². The zero-order valence-corrected chi connectivity index (χ0v) is 8.36. The van der Waals surface area contributed by atoms with Crippen molar-refractivity contribution >= 4 is 11.8 Å². The van der Waals surface area contributed by atoms with Gasteiger partial charge in [-0.1, -0.05) is 25.1 Å². The normalized spacial score (nSPS) is 19.3. The molecule has 0 aromatic heterocycles. The Labute approximate surface area is 83.3 Å². The quantitative estimate of drug-likeness (QED) is 0.630. The van der Waals surface area contributed by atoms with Crippen LogP contribution in [-0.4, -0.2) is 19.7 Å². The molecule has 1 heterocycles. The molecule has 1 aliphatic heterocycles. The molecule has 1 aliphatic rings. The first kappa shape index (κ1) is 9.06. The fraction of sp³-hybridized carbons (Fsp3) is 0.364. The third-order valence-corrected chi connectivity index (χ3v) is 2.61. The summed E-state index contributed by atoms with van der Waals surface area (Å²) >= 11 is 0. The van der Waals surface area contributed by atoms with Crippen LogP contribution in [0.3, 0.4) is 0 Å². The number of hydrogen-bond donors (Lipinski definition) is 0. The SMILES string of the molecule is COC(=O)N1CC(C)c2ccccc21. The minimum absolute atomic E-state index is 0.276. The number of carbonyl (C=O) groups is 1. The molecule has 0 bridgehead atoms. The van der Waals surface area contributed by atoms with Crippen LogP contribution in [0, 0.1) is 0 Å². The molecule has 1 amide bonds. The molecule has 0 radical (unpaired) electrons. The molecule has 1 aromatic rings. The molecule has 3 nitrogen and oxygen atoms in total. The number of para-hydroxylation sites is 1. The molecule has 0 spiro atoms. The molecule has 0 aliphatic carbocycles. The van der Waals surface area contributed by atoms with E-state index in [1.807, 2.05) is 18.2 Å². The molecule has 2 rings (SSSR count). The molecule has 14 heavy (non-hydrogen) atoms. The van der Waals surface area contributed by atoms with Gasteiger partial charge in [-0.05, 0) is 11.6 Å². The Kier molecular flexibility index (Phi) is 2.15. The van der Waals surface area contributed by atoms with Gasteiger partial charge in [0.1, 0.15) is 0 Å². The van der Waals surface area contributed by atoms with Gasteiger partial charge in [0.25, 0.3) is 0 Å². The van der Waals surface area contributed by atoms with E-state index < -0.39 is 0 Å². The van der Waals surface area contributed by atoms with Crippen molar-refractivity contribution in [3.63, 3.8) is 0 Å². The number of fused-ring (bicyclic) bond motifs is 1. The number of carbonyl (C=O) groups excluding carboxylic acids is 1. The van der Waals surface area contributed by atoms with Crippen LogP contribution in [-0.2, 0) is 4.74 Å². The second kappa shape index (κ2) is 3.33. The maximum Gasteiger partial charge on any atom is 0.414 e. The van der Waals surface area contributed by atoms with Gasteiger partial charge >= 0.3 is 6.09 Å². The van der Waals surface area contributed by atoms with E-state index in [1.165, 1.54) is 12.7 Å². The van der Waals surface area contributed by atoms with E-state index in [2.05, 4.69) is 13.0 Å². The van der Waals surface area contributed by atoms with Crippen molar-refractivity contribution in [1.29, 1.82) is 0 Å². The topological polar surface area (TPSA) is 29.5 Å². The summed E-state index contributed by atoms with van der Waals surface area (Å²) in [6.07, 6.45) is -0.276. The summed E-state index contributed by atoms with van der Waals surface area (Å²) < 4.78 is 4.73. The number of anilines is 1. The standard InChI is InChI=1S/C11H13NO2/c1-8-7-12(11(13)14-2)10-6-4-3-5-9(8)10/h3-6,8H,7H2,1-2H3. The zero-order valence-electron chi connectivity index (χ0n) is 8.36. The molecule has 0 saturated carbocycles. The summed E-state index contributed by atoms with van der Waals surface area (Å²) in [6.45, 7) is 2.83. The van der Waals surface area contributed by atoms with E-state index in [1.54, 1.807) is 4.90 Å². The van der Waals surface area contributed by atoms with Gasteiger partial charge in [0, 0.05) is 12.5 Å². The fourth-order valence-electron chi connectivity index (χ4n) is 1.90.